The summed E-state index contributed by atoms with van der Waals surface area (Å²) in [6.07, 6.45) is 0. The van der Waals surface area contributed by atoms with Gasteiger partial charge in [0.15, 0.2) is 0 Å². The molecule has 0 aliphatic rings. The number of hydrogen-bond donors (Lipinski definition) is 2. The second-order valence-electron chi connectivity index (χ2n) is 5.64. The minimum atomic E-state index is 0.00129. The Labute approximate surface area is 128 Å². The van der Waals surface area contributed by atoms with Crippen molar-refractivity contribution in [3.05, 3.63) is 71.8 Å². The second-order valence-corrected chi connectivity index (χ2v) is 5.64. The van der Waals surface area contributed by atoms with Gasteiger partial charge in [-0.05, 0) is 67.7 Å². The Morgan fingerprint density at radius 2 is 1.00 bits per heavy atom. The normalized spacial score (nSPS) is 11.5. The molecule has 108 valence electrons. The van der Waals surface area contributed by atoms with Crippen LogP contribution in [0.2, 0.25) is 0 Å². The van der Waals surface area contributed by atoms with Crippen molar-refractivity contribution >= 4 is 32.3 Å². The van der Waals surface area contributed by atoms with Gasteiger partial charge in [-0.25, -0.2) is 0 Å². The predicted molar refractivity (Wildman–Crippen MR) is 90.8 cm³/mol. The van der Waals surface area contributed by atoms with Gasteiger partial charge in [0.1, 0.15) is 0 Å². The van der Waals surface area contributed by atoms with Crippen LogP contribution in [-0.4, -0.2) is 10.2 Å². The van der Waals surface area contributed by atoms with Crippen molar-refractivity contribution in [2.24, 2.45) is 0 Å². The van der Waals surface area contributed by atoms with Crippen molar-refractivity contribution in [3.8, 4) is 0 Å². The van der Waals surface area contributed by atoms with Crippen LogP contribution in [0.5, 0.6) is 0 Å². The number of aliphatic hydroxyl groups excluding tert-OH is 2. The summed E-state index contributed by atoms with van der Waals surface area (Å²) in [5.74, 6) is 0. The van der Waals surface area contributed by atoms with E-state index in [-0.39, 0.29) is 13.2 Å². The van der Waals surface area contributed by atoms with Crippen molar-refractivity contribution in [2.75, 3.05) is 0 Å². The van der Waals surface area contributed by atoms with Gasteiger partial charge in [-0.1, -0.05) is 36.4 Å². The highest BCUT2D eigenvalue weighted by atomic mass is 16.3. The smallest absolute Gasteiger partial charge is 0.0687 e. The summed E-state index contributed by atoms with van der Waals surface area (Å²) in [5, 5.41) is 25.9. The van der Waals surface area contributed by atoms with E-state index in [4.69, 9.17) is 0 Å². The molecule has 4 aromatic carbocycles. The van der Waals surface area contributed by atoms with Gasteiger partial charge in [0, 0.05) is 0 Å². The summed E-state index contributed by atoms with van der Waals surface area (Å²) in [6, 6.07) is 20.7. The van der Waals surface area contributed by atoms with Gasteiger partial charge in [0.25, 0.3) is 0 Å². The molecule has 0 unspecified atom stereocenters. The number of hydrogen-bond acceptors (Lipinski definition) is 2. The summed E-state index contributed by atoms with van der Waals surface area (Å²) in [7, 11) is 0. The first-order valence-corrected chi connectivity index (χ1v) is 7.39. The van der Waals surface area contributed by atoms with Gasteiger partial charge in [-0.3, -0.25) is 0 Å². The highest BCUT2D eigenvalue weighted by molar-refractivity contribution is 6.06. The largest absolute Gasteiger partial charge is 0.392 e. The van der Waals surface area contributed by atoms with Crippen molar-refractivity contribution in [1.29, 1.82) is 0 Å². The van der Waals surface area contributed by atoms with Crippen molar-refractivity contribution in [1.82, 2.24) is 0 Å². The number of rotatable bonds is 2. The zero-order valence-electron chi connectivity index (χ0n) is 12.1. The Morgan fingerprint density at radius 3 is 1.41 bits per heavy atom. The lowest BCUT2D eigenvalue weighted by Crippen LogP contribution is -1.92. The molecule has 0 aliphatic heterocycles. The van der Waals surface area contributed by atoms with E-state index in [1.807, 2.05) is 24.3 Å². The first kappa shape index (κ1) is 13.3. The SMILES string of the molecule is OCc1ccc(CO)c2cc3cc4ccccc4cc3cc12. The Balaban J connectivity index is 2.15. The Hall–Kier alpha value is -2.42. The fourth-order valence-electron chi connectivity index (χ4n) is 3.18. The number of aliphatic hydroxyl groups is 2. The first-order valence-electron chi connectivity index (χ1n) is 7.39. The van der Waals surface area contributed by atoms with Crippen LogP contribution in [0.25, 0.3) is 32.3 Å². The molecule has 0 bridgehead atoms. The third-order valence-electron chi connectivity index (χ3n) is 4.36. The molecule has 2 nitrogen and oxygen atoms in total. The molecule has 0 heterocycles. The first-order chi connectivity index (χ1) is 10.8. The van der Waals surface area contributed by atoms with Crippen LogP contribution in [0.15, 0.2) is 60.7 Å². The minimum absolute atomic E-state index is 0.00129. The van der Waals surface area contributed by atoms with E-state index in [0.717, 1.165) is 32.7 Å². The highest BCUT2D eigenvalue weighted by Crippen LogP contribution is 2.31. The molecule has 22 heavy (non-hydrogen) atoms. The van der Waals surface area contributed by atoms with E-state index in [0.29, 0.717) is 0 Å². The molecule has 0 aliphatic carbocycles. The van der Waals surface area contributed by atoms with Gasteiger partial charge in [0.2, 0.25) is 0 Å². The lowest BCUT2D eigenvalue weighted by atomic mass is 9.95. The molecule has 4 rings (SSSR count). The van der Waals surface area contributed by atoms with Crippen molar-refractivity contribution in [3.63, 3.8) is 0 Å². The molecule has 2 N–H and O–H groups in total. The minimum Gasteiger partial charge on any atom is -0.392 e. The van der Waals surface area contributed by atoms with E-state index < -0.39 is 0 Å². The van der Waals surface area contributed by atoms with E-state index in [1.54, 1.807) is 0 Å². The van der Waals surface area contributed by atoms with Crippen LogP contribution < -0.4 is 0 Å². The second kappa shape index (κ2) is 5.09. The summed E-state index contributed by atoms with van der Waals surface area (Å²) in [5.41, 5.74) is 1.78. The molecule has 0 atom stereocenters. The molecular weight excluding hydrogens is 272 g/mol. The molecule has 0 radical (unpaired) electrons. The third kappa shape index (κ3) is 1.97. The standard InChI is InChI=1S/C20H16O2/c21-11-15-5-6-16(12-22)20-10-18-8-14-4-2-1-3-13(14)7-17(18)9-19(15)20/h1-10,21-22H,11-12H2. The maximum atomic E-state index is 9.58. The van der Waals surface area contributed by atoms with E-state index >= 15 is 0 Å². The molecule has 0 saturated carbocycles. The van der Waals surface area contributed by atoms with E-state index in [9.17, 15) is 10.2 Å². The molecule has 0 fully saturated rings. The molecule has 0 spiro atoms. The van der Waals surface area contributed by atoms with Gasteiger partial charge in [-0.2, -0.15) is 0 Å². The maximum absolute atomic E-state index is 9.58. The van der Waals surface area contributed by atoms with Crippen LogP contribution in [0.1, 0.15) is 11.1 Å². The van der Waals surface area contributed by atoms with Gasteiger partial charge in [0.05, 0.1) is 13.2 Å². The van der Waals surface area contributed by atoms with Crippen LogP contribution >= 0.6 is 0 Å². The number of fused-ring (bicyclic) bond motifs is 3. The third-order valence-corrected chi connectivity index (χ3v) is 4.36. The molecule has 0 amide bonds. The molecule has 0 saturated heterocycles. The molecular formula is C20H16O2. The van der Waals surface area contributed by atoms with Crippen LogP contribution in [0.4, 0.5) is 0 Å². The maximum Gasteiger partial charge on any atom is 0.0687 e. The van der Waals surface area contributed by atoms with Crippen LogP contribution in [0, 0.1) is 0 Å². The highest BCUT2D eigenvalue weighted by Gasteiger charge is 2.08. The van der Waals surface area contributed by atoms with Crippen molar-refractivity contribution in [2.45, 2.75) is 13.2 Å². The Morgan fingerprint density at radius 1 is 0.545 bits per heavy atom. The monoisotopic (exact) mass is 288 g/mol. The molecule has 2 heteroatoms. The zero-order chi connectivity index (χ0) is 15.1. The van der Waals surface area contributed by atoms with E-state index in [1.165, 1.54) is 10.8 Å². The molecule has 4 aromatic rings. The molecule has 0 aromatic heterocycles. The average molecular weight is 288 g/mol. The summed E-state index contributed by atoms with van der Waals surface area (Å²) >= 11 is 0. The average Bonchev–Trinajstić information content (AvgIpc) is 2.57. The lowest BCUT2D eigenvalue weighted by Gasteiger charge is -2.11. The summed E-state index contributed by atoms with van der Waals surface area (Å²) in [6.45, 7) is 0.00257. The zero-order valence-corrected chi connectivity index (χ0v) is 12.1. The van der Waals surface area contributed by atoms with Gasteiger partial charge in [-0.15, -0.1) is 0 Å². The Kier molecular flexibility index (Phi) is 3.07. The lowest BCUT2D eigenvalue weighted by molar-refractivity contribution is 0.280. The van der Waals surface area contributed by atoms with Crippen LogP contribution in [0.3, 0.4) is 0 Å². The fourth-order valence-corrected chi connectivity index (χ4v) is 3.18. The summed E-state index contributed by atoms with van der Waals surface area (Å²) < 4.78 is 0. The van der Waals surface area contributed by atoms with Crippen molar-refractivity contribution < 1.29 is 10.2 Å². The predicted octanol–water partition coefficient (Wildman–Crippen LogP) is 4.13. The quantitative estimate of drug-likeness (QED) is 0.544. The van der Waals surface area contributed by atoms with Crippen LogP contribution in [-0.2, 0) is 13.2 Å². The number of benzene rings is 4. The fraction of sp³-hybridized carbons (Fsp3) is 0.100. The summed E-state index contributed by atoms with van der Waals surface area (Å²) in [4.78, 5) is 0. The van der Waals surface area contributed by atoms with E-state index in [2.05, 4.69) is 36.4 Å². The van der Waals surface area contributed by atoms with Gasteiger partial charge < -0.3 is 10.2 Å². The topological polar surface area (TPSA) is 40.5 Å². The Bertz CT molecular complexity index is 921. The van der Waals surface area contributed by atoms with Gasteiger partial charge >= 0.3 is 0 Å².